The smallest absolute Gasteiger partial charge is 0.239 e. The van der Waals surface area contributed by atoms with Gasteiger partial charge in [0, 0.05) is 18.1 Å². The maximum absolute atomic E-state index is 12.1. The molecule has 0 aliphatic carbocycles. The van der Waals surface area contributed by atoms with Crippen LogP contribution >= 0.6 is 11.6 Å². The first-order chi connectivity index (χ1) is 8.20. The number of nitrogens with zero attached hydrogens (tertiary/aromatic N) is 1. The number of likely N-dealkylation sites (N-methyl/N-ethyl adjacent to an activating group) is 1. The Kier molecular flexibility index (Phi) is 4.02. The zero-order chi connectivity index (χ0) is 12.3. The second-order valence-electron chi connectivity index (χ2n) is 4.37. The molecule has 1 atom stereocenters. The van der Waals surface area contributed by atoms with E-state index in [1.165, 1.54) is 0 Å². The first-order valence-corrected chi connectivity index (χ1v) is 6.29. The highest BCUT2D eigenvalue weighted by atomic mass is 35.5. The molecule has 1 unspecified atom stereocenters. The van der Waals surface area contributed by atoms with Crippen LogP contribution in [0.2, 0.25) is 5.02 Å². The molecule has 1 N–H and O–H groups in total. The Hall–Kier alpha value is -1.06. The van der Waals surface area contributed by atoms with E-state index in [9.17, 15) is 4.79 Å². The Morgan fingerprint density at radius 2 is 2.12 bits per heavy atom. The highest BCUT2D eigenvalue weighted by Gasteiger charge is 2.26. The van der Waals surface area contributed by atoms with Crippen molar-refractivity contribution < 1.29 is 4.79 Å². The van der Waals surface area contributed by atoms with Crippen LogP contribution in [0, 0.1) is 0 Å². The van der Waals surface area contributed by atoms with E-state index in [1.54, 1.807) is 0 Å². The van der Waals surface area contributed by atoms with Crippen molar-refractivity contribution in [1.29, 1.82) is 0 Å². The standard InChI is InChI=1S/C13H17ClN2O/c1-15-12-3-2-8-16(13(12)17)9-10-4-6-11(14)7-5-10/h4-7,12,15H,2-3,8-9H2,1H3. The maximum Gasteiger partial charge on any atom is 0.239 e. The van der Waals surface area contributed by atoms with Crippen molar-refractivity contribution in [2.75, 3.05) is 13.6 Å². The van der Waals surface area contributed by atoms with Gasteiger partial charge in [0.1, 0.15) is 0 Å². The summed E-state index contributed by atoms with van der Waals surface area (Å²) in [5.74, 6) is 0.203. The molecule has 1 heterocycles. The minimum absolute atomic E-state index is 0.0175. The van der Waals surface area contributed by atoms with Gasteiger partial charge >= 0.3 is 0 Å². The second-order valence-corrected chi connectivity index (χ2v) is 4.81. The average molecular weight is 253 g/mol. The van der Waals surface area contributed by atoms with Crippen LogP contribution in [0.15, 0.2) is 24.3 Å². The van der Waals surface area contributed by atoms with Crippen LogP contribution in [0.4, 0.5) is 0 Å². The fourth-order valence-corrected chi connectivity index (χ4v) is 2.30. The van der Waals surface area contributed by atoms with E-state index in [2.05, 4.69) is 5.32 Å². The number of piperidine rings is 1. The molecule has 1 aromatic rings. The summed E-state index contributed by atoms with van der Waals surface area (Å²) in [6.07, 6.45) is 2.00. The van der Waals surface area contributed by atoms with E-state index in [1.807, 2.05) is 36.2 Å². The molecule has 1 fully saturated rings. The fourth-order valence-electron chi connectivity index (χ4n) is 2.18. The predicted octanol–water partition coefficient (Wildman–Crippen LogP) is 2.05. The zero-order valence-corrected chi connectivity index (χ0v) is 10.7. The van der Waals surface area contributed by atoms with Crippen LogP contribution in [0.25, 0.3) is 0 Å². The van der Waals surface area contributed by atoms with Crippen molar-refractivity contribution in [3.63, 3.8) is 0 Å². The predicted molar refractivity (Wildman–Crippen MR) is 69.0 cm³/mol. The lowest BCUT2D eigenvalue weighted by molar-refractivity contribution is -0.136. The minimum Gasteiger partial charge on any atom is -0.337 e. The van der Waals surface area contributed by atoms with Gasteiger partial charge in [-0.05, 0) is 37.6 Å². The molecule has 1 saturated heterocycles. The molecular weight excluding hydrogens is 236 g/mol. The van der Waals surface area contributed by atoms with Crippen LogP contribution in [0.1, 0.15) is 18.4 Å². The van der Waals surface area contributed by atoms with Crippen LogP contribution < -0.4 is 5.32 Å². The lowest BCUT2D eigenvalue weighted by Crippen LogP contribution is -2.49. The number of rotatable bonds is 3. The molecule has 0 radical (unpaired) electrons. The van der Waals surface area contributed by atoms with Crippen molar-refractivity contribution in [1.82, 2.24) is 10.2 Å². The van der Waals surface area contributed by atoms with Gasteiger partial charge in [-0.25, -0.2) is 0 Å². The molecule has 0 spiro atoms. The van der Waals surface area contributed by atoms with E-state index < -0.39 is 0 Å². The molecule has 92 valence electrons. The maximum atomic E-state index is 12.1. The Bertz CT molecular complexity index is 391. The largest absolute Gasteiger partial charge is 0.337 e. The lowest BCUT2D eigenvalue weighted by Gasteiger charge is -2.32. The van der Waals surface area contributed by atoms with Crippen molar-refractivity contribution in [2.24, 2.45) is 0 Å². The van der Waals surface area contributed by atoms with E-state index in [4.69, 9.17) is 11.6 Å². The summed E-state index contributed by atoms with van der Waals surface area (Å²) in [5.41, 5.74) is 1.12. The third-order valence-electron chi connectivity index (χ3n) is 3.17. The van der Waals surface area contributed by atoms with Gasteiger partial charge in [-0.2, -0.15) is 0 Å². The van der Waals surface area contributed by atoms with Gasteiger partial charge in [-0.15, -0.1) is 0 Å². The van der Waals surface area contributed by atoms with E-state index >= 15 is 0 Å². The second kappa shape index (κ2) is 5.52. The van der Waals surface area contributed by atoms with Crippen molar-refractivity contribution >= 4 is 17.5 Å². The monoisotopic (exact) mass is 252 g/mol. The van der Waals surface area contributed by atoms with Gasteiger partial charge < -0.3 is 10.2 Å². The fraction of sp³-hybridized carbons (Fsp3) is 0.462. The third kappa shape index (κ3) is 2.99. The highest BCUT2D eigenvalue weighted by Crippen LogP contribution is 2.16. The van der Waals surface area contributed by atoms with Crippen LogP contribution in [0.5, 0.6) is 0 Å². The van der Waals surface area contributed by atoms with Gasteiger partial charge in [0.05, 0.1) is 6.04 Å². The summed E-state index contributed by atoms with van der Waals surface area (Å²) in [4.78, 5) is 14.0. The zero-order valence-electron chi connectivity index (χ0n) is 9.95. The number of amides is 1. The SMILES string of the molecule is CNC1CCCN(Cc2ccc(Cl)cc2)C1=O. The van der Waals surface area contributed by atoms with Gasteiger partial charge in [0.2, 0.25) is 5.91 Å². The lowest BCUT2D eigenvalue weighted by atomic mass is 10.0. The summed E-state index contributed by atoms with van der Waals surface area (Å²) in [7, 11) is 1.84. The van der Waals surface area contributed by atoms with Gasteiger partial charge in [-0.1, -0.05) is 23.7 Å². The van der Waals surface area contributed by atoms with Crippen molar-refractivity contribution in [3.8, 4) is 0 Å². The summed E-state index contributed by atoms with van der Waals surface area (Å²) < 4.78 is 0. The summed E-state index contributed by atoms with van der Waals surface area (Å²) in [6.45, 7) is 1.52. The molecule has 1 amide bonds. The molecule has 3 nitrogen and oxygen atoms in total. The number of likely N-dealkylation sites (tertiary alicyclic amines) is 1. The van der Waals surface area contributed by atoms with Gasteiger partial charge in [0.15, 0.2) is 0 Å². The number of halogens is 1. The quantitative estimate of drug-likeness (QED) is 0.893. The van der Waals surface area contributed by atoms with E-state index in [0.29, 0.717) is 6.54 Å². The summed E-state index contributed by atoms with van der Waals surface area (Å²) in [5, 5.41) is 3.79. The van der Waals surface area contributed by atoms with Gasteiger partial charge in [-0.3, -0.25) is 4.79 Å². The number of hydrogen-bond acceptors (Lipinski definition) is 2. The molecule has 2 rings (SSSR count). The molecule has 0 saturated carbocycles. The minimum atomic E-state index is -0.0175. The molecule has 17 heavy (non-hydrogen) atoms. The number of carbonyl (C=O) groups excluding carboxylic acids is 1. The van der Waals surface area contributed by atoms with E-state index in [0.717, 1.165) is 30.0 Å². The van der Waals surface area contributed by atoms with Crippen molar-refractivity contribution in [3.05, 3.63) is 34.9 Å². The number of nitrogens with one attached hydrogen (secondary N) is 1. The molecule has 0 aromatic heterocycles. The third-order valence-corrected chi connectivity index (χ3v) is 3.42. The van der Waals surface area contributed by atoms with Crippen molar-refractivity contribution in [2.45, 2.75) is 25.4 Å². The van der Waals surface area contributed by atoms with Crippen LogP contribution in [-0.2, 0) is 11.3 Å². The Labute approximate surface area is 107 Å². The Balaban J connectivity index is 2.02. The summed E-state index contributed by atoms with van der Waals surface area (Å²) >= 11 is 5.84. The van der Waals surface area contributed by atoms with Gasteiger partial charge in [0.25, 0.3) is 0 Å². The molecule has 0 bridgehead atoms. The number of benzene rings is 1. The first-order valence-electron chi connectivity index (χ1n) is 5.91. The van der Waals surface area contributed by atoms with Crippen LogP contribution in [-0.4, -0.2) is 30.4 Å². The average Bonchev–Trinajstić information content (AvgIpc) is 2.35. The molecular formula is C13H17ClN2O. The van der Waals surface area contributed by atoms with Crippen LogP contribution in [0.3, 0.4) is 0 Å². The topological polar surface area (TPSA) is 32.3 Å². The first kappa shape index (κ1) is 12.4. The molecule has 4 heteroatoms. The molecule has 1 aromatic carbocycles. The Morgan fingerprint density at radius 3 is 2.76 bits per heavy atom. The highest BCUT2D eigenvalue weighted by molar-refractivity contribution is 6.30. The van der Waals surface area contributed by atoms with E-state index in [-0.39, 0.29) is 11.9 Å². The number of carbonyl (C=O) groups is 1. The number of hydrogen-bond donors (Lipinski definition) is 1. The molecule has 1 aliphatic heterocycles. The normalized spacial score (nSPS) is 20.7. The summed E-state index contributed by atoms with van der Waals surface area (Å²) in [6, 6.07) is 7.65. The molecule has 1 aliphatic rings. The Morgan fingerprint density at radius 1 is 1.41 bits per heavy atom.